The summed E-state index contributed by atoms with van der Waals surface area (Å²) < 4.78 is 6.59. The van der Waals surface area contributed by atoms with Gasteiger partial charge in [-0.15, -0.1) is 0 Å². The molecule has 3 aliphatic heterocycles. The lowest BCUT2D eigenvalue weighted by Gasteiger charge is -2.39. The Labute approximate surface area is 314 Å². The lowest BCUT2D eigenvalue weighted by atomic mass is 9.66. The topological polar surface area (TPSA) is 15.2 Å². The second-order valence-corrected chi connectivity index (χ2v) is 14.8. The molecule has 8 aromatic rings. The quantitative estimate of drug-likeness (QED) is 0.171. The number of fused-ring (bicyclic) bond motifs is 11. The van der Waals surface area contributed by atoms with Crippen molar-refractivity contribution in [1.82, 2.24) is 10.0 Å². The van der Waals surface area contributed by atoms with Crippen molar-refractivity contribution >= 4 is 16.5 Å². The second kappa shape index (κ2) is 11.2. The van der Waals surface area contributed by atoms with Crippen molar-refractivity contribution in [1.29, 1.82) is 0 Å². The molecule has 8 aromatic carbocycles. The van der Waals surface area contributed by atoms with Crippen LogP contribution in [0, 0.1) is 0 Å². The van der Waals surface area contributed by atoms with Crippen LogP contribution in [0.2, 0.25) is 0 Å². The molecule has 0 saturated carbocycles. The van der Waals surface area contributed by atoms with Gasteiger partial charge in [-0.05, 0) is 97.3 Å². The van der Waals surface area contributed by atoms with Crippen molar-refractivity contribution in [3.63, 3.8) is 0 Å². The van der Waals surface area contributed by atoms with E-state index in [1.165, 1.54) is 77.7 Å². The Morgan fingerprint density at radius 3 is 1.69 bits per heavy atom. The first-order chi connectivity index (χ1) is 26.8. The number of ether oxygens (including phenoxy) is 1. The highest BCUT2D eigenvalue weighted by Crippen LogP contribution is 2.63. The predicted octanol–water partition coefficient (Wildman–Crippen LogP) is 12.3. The van der Waals surface area contributed by atoms with Gasteiger partial charge >= 0.3 is 0 Å². The van der Waals surface area contributed by atoms with Gasteiger partial charge in [0.25, 0.3) is 0 Å². The summed E-state index contributed by atoms with van der Waals surface area (Å²) >= 11 is 0. The first kappa shape index (κ1) is 29.9. The Morgan fingerprint density at radius 1 is 0.426 bits per heavy atom. The Kier molecular flexibility index (Phi) is 6.17. The highest BCUT2D eigenvalue weighted by Gasteiger charge is 2.56. The fourth-order valence-electron chi connectivity index (χ4n) is 9.68. The number of hydrogen-bond acceptors (Lipinski definition) is 3. The van der Waals surface area contributed by atoms with E-state index in [1.807, 2.05) is 0 Å². The van der Waals surface area contributed by atoms with Gasteiger partial charge in [-0.25, -0.2) is 0 Å². The predicted molar refractivity (Wildman–Crippen MR) is 217 cm³/mol. The van der Waals surface area contributed by atoms with Crippen LogP contribution in [0.25, 0.3) is 38.7 Å². The Hall–Kier alpha value is -6.68. The zero-order valence-electron chi connectivity index (χ0n) is 29.4. The molecule has 3 heterocycles. The van der Waals surface area contributed by atoms with Crippen molar-refractivity contribution in [2.24, 2.45) is 0 Å². The van der Waals surface area contributed by atoms with E-state index in [4.69, 9.17) is 4.74 Å². The number of hydrazine groups is 1. The third-order valence-corrected chi connectivity index (χ3v) is 12.1. The lowest BCUT2D eigenvalue weighted by Crippen LogP contribution is -2.32. The van der Waals surface area contributed by atoms with Crippen LogP contribution in [0.1, 0.15) is 51.2 Å². The average molecular weight is 691 g/mol. The maximum atomic E-state index is 6.59. The van der Waals surface area contributed by atoms with Gasteiger partial charge in [-0.2, -0.15) is 5.01 Å². The Morgan fingerprint density at radius 2 is 0.981 bits per heavy atom. The van der Waals surface area contributed by atoms with Crippen LogP contribution in [-0.2, 0) is 5.41 Å². The Balaban J connectivity index is 0.987. The summed E-state index contributed by atoms with van der Waals surface area (Å²) in [4.78, 5) is 0. The van der Waals surface area contributed by atoms with E-state index in [9.17, 15) is 0 Å². The van der Waals surface area contributed by atoms with Crippen molar-refractivity contribution < 1.29 is 4.74 Å². The first-order valence-corrected chi connectivity index (χ1v) is 18.8. The summed E-state index contributed by atoms with van der Waals surface area (Å²) in [6.45, 7) is 0. The van der Waals surface area contributed by atoms with Crippen LogP contribution in [0.5, 0.6) is 11.5 Å². The molecule has 3 nitrogen and oxygen atoms in total. The van der Waals surface area contributed by atoms with E-state index in [-0.39, 0.29) is 12.2 Å². The molecule has 1 spiro atoms. The lowest BCUT2D eigenvalue weighted by molar-refractivity contribution is 0.365. The molecule has 0 amide bonds. The van der Waals surface area contributed by atoms with Gasteiger partial charge in [-0.3, -0.25) is 5.01 Å². The normalized spacial score (nSPS) is 19.3. The van der Waals surface area contributed by atoms with Gasteiger partial charge in [0.05, 0.1) is 17.2 Å². The highest BCUT2D eigenvalue weighted by molar-refractivity contribution is 5.97. The monoisotopic (exact) mass is 690 g/mol. The molecule has 0 radical (unpaired) electrons. The third kappa shape index (κ3) is 4.10. The van der Waals surface area contributed by atoms with Gasteiger partial charge in [0, 0.05) is 11.1 Å². The molecule has 1 aliphatic carbocycles. The summed E-state index contributed by atoms with van der Waals surface area (Å²) in [5.41, 5.74) is 14.6. The van der Waals surface area contributed by atoms with E-state index in [2.05, 4.69) is 204 Å². The highest BCUT2D eigenvalue weighted by atomic mass is 16.5. The van der Waals surface area contributed by atoms with E-state index >= 15 is 0 Å². The van der Waals surface area contributed by atoms with E-state index in [0.29, 0.717) is 0 Å². The number of rotatable bonds is 4. The van der Waals surface area contributed by atoms with Crippen LogP contribution in [0.15, 0.2) is 194 Å². The van der Waals surface area contributed by atoms with Crippen LogP contribution < -0.4 is 4.74 Å². The standard InChI is InChI=1S/C51H34N2O/c1-3-13-34(14-4-1)46-32-47(53-50(52(46)53)36-15-5-2-6-16-36)35-25-23-33(24-26-35)39-27-28-42-40(30-39)41-29-37-17-7-8-18-38(37)31-45(41)51(42)43-19-9-11-21-48(43)54-49-22-12-10-20-44(49)51/h1-32,46,50H. The van der Waals surface area contributed by atoms with Crippen LogP contribution in [-0.4, -0.2) is 10.0 Å². The minimum absolute atomic E-state index is 0.201. The smallest absolute Gasteiger partial charge is 0.141 e. The SMILES string of the molecule is C1=C(c2ccc(-c3ccc4c(c3)-c3cc5ccccc5cc3C43c4ccccc4Oc4ccccc43)cc2)N2C(c3ccccc3)N2C1c1ccccc1. The van der Waals surface area contributed by atoms with Crippen LogP contribution >= 0.6 is 0 Å². The van der Waals surface area contributed by atoms with Gasteiger partial charge in [0.2, 0.25) is 0 Å². The first-order valence-electron chi connectivity index (χ1n) is 18.8. The Bertz CT molecular complexity index is 2780. The fourth-order valence-corrected chi connectivity index (χ4v) is 9.68. The van der Waals surface area contributed by atoms with Gasteiger partial charge in [0.15, 0.2) is 0 Å². The number of benzene rings is 8. The molecule has 0 N–H and O–H groups in total. The molecular formula is C51H34N2O. The van der Waals surface area contributed by atoms with Crippen molar-refractivity contribution in [3.8, 4) is 33.8 Å². The zero-order chi connectivity index (χ0) is 35.4. The molecule has 1 saturated heterocycles. The van der Waals surface area contributed by atoms with Crippen molar-refractivity contribution in [2.75, 3.05) is 0 Å². The maximum absolute atomic E-state index is 6.59. The fraction of sp³-hybridized carbons (Fsp3) is 0.0588. The van der Waals surface area contributed by atoms with Crippen LogP contribution in [0.3, 0.4) is 0 Å². The maximum Gasteiger partial charge on any atom is 0.141 e. The summed E-state index contributed by atoms with van der Waals surface area (Å²) in [6.07, 6.45) is 2.65. The number of nitrogens with zero attached hydrogens (tertiary/aromatic N) is 2. The molecule has 4 aliphatic rings. The molecular weight excluding hydrogens is 657 g/mol. The second-order valence-electron chi connectivity index (χ2n) is 14.8. The summed E-state index contributed by atoms with van der Waals surface area (Å²) in [5.74, 6) is 1.83. The minimum Gasteiger partial charge on any atom is -0.457 e. The molecule has 3 atom stereocenters. The van der Waals surface area contributed by atoms with Gasteiger partial charge in [-0.1, -0.05) is 158 Å². The largest absolute Gasteiger partial charge is 0.457 e. The zero-order valence-corrected chi connectivity index (χ0v) is 29.4. The molecule has 3 unspecified atom stereocenters. The average Bonchev–Trinajstić information content (AvgIpc) is 3.75. The number of para-hydroxylation sites is 2. The summed E-state index contributed by atoms with van der Waals surface area (Å²) in [6, 6.07) is 69.0. The van der Waals surface area contributed by atoms with E-state index in [0.717, 1.165) is 11.5 Å². The summed E-state index contributed by atoms with van der Waals surface area (Å²) in [5, 5.41) is 7.45. The minimum atomic E-state index is -0.493. The summed E-state index contributed by atoms with van der Waals surface area (Å²) in [7, 11) is 0. The van der Waals surface area contributed by atoms with Gasteiger partial charge in [0.1, 0.15) is 17.7 Å². The van der Waals surface area contributed by atoms with E-state index in [1.54, 1.807) is 0 Å². The molecule has 0 aromatic heterocycles. The third-order valence-electron chi connectivity index (χ3n) is 12.1. The molecule has 1 fully saturated rings. The van der Waals surface area contributed by atoms with Crippen LogP contribution in [0.4, 0.5) is 0 Å². The number of hydrogen-bond donors (Lipinski definition) is 0. The van der Waals surface area contributed by atoms with E-state index < -0.39 is 5.41 Å². The van der Waals surface area contributed by atoms with Gasteiger partial charge < -0.3 is 4.74 Å². The molecule has 0 bridgehead atoms. The van der Waals surface area contributed by atoms with Crippen molar-refractivity contribution in [2.45, 2.75) is 17.6 Å². The van der Waals surface area contributed by atoms with Crippen molar-refractivity contribution in [3.05, 3.63) is 233 Å². The molecule has 12 rings (SSSR count). The molecule has 54 heavy (non-hydrogen) atoms. The molecule has 254 valence electrons. The molecule has 3 heteroatoms.